The van der Waals surface area contributed by atoms with E-state index in [4.69, 9.17) is 11.6 Å². The lowest BCUT2D eigenvalue weighted by Crippen LogP contribution is -2.37. The Balaban J connectivity index is 2.37. The smallest absolute Gasteiger partial charge is 0.0935 e. The number of aliphatic hydroxyl groups is 2. The molecule has 2 aromatic rings. The predicted molar refractivity (Wildman–Crippen MR) is 73.1 cm³/mol. The molecule has 96 valence electrons. The summed E-state index contributed by atoms with van der Waals surface area (Å²) in [6.07, 6.45) is 2.22. The van der Waals surface area contributed by atoms with Crippen molar-refractivity contribution < 1.29 is 10.2 Å². The van der Waals surface area contributed by atoms with E-state index in [0.29, 0.717) is 11.4 Å². The van der Waals surface area contributed by atoms with Crippen molar-refractivity contribution in [1.82, 2.24) is 4.98 Å². The minimum Gasteiger partial charge on any atom is -0.395 e. The van der Waals surface area contributed by atoms with Crippen molar-refractivity contribution in [2.45, 2.75) is 11.8 Å². The van der Waals surface area contributed by atoms with Crippen LogP contribution in [-0.4, -0.2) is 28.4 Å². The maximum Gasteiger partial charge on any atom is 0.0935 e. The van der Waals surface area contributed by atoms with E-state index in [1.54, 1.807) is 18.3 Å². The molecule has 0 unspecified atom stereocenters. The third-order valence-electron chi connectivity index (χ3n) is 3.02. The van der Waals surface area contributed by atoms with E-state index in [9.17, 15) is 10.2 Å². The van der Waals surface area contributed by atoms with Crippen molar-refractivity contribution in [1.29, 1.82) is 0 Å². The van der Waals surface area contributed by atoms with E-state index in [0.717, 1.165) is 10.6 Å². The van der Waals surface area contributed by atoms with Gasteiger partial charge >= 0.3 is 0 Å². The van der Waals surface area contributed by atoms with Crippen LogP contribution in [0, 0.1) is 0 Å². The first-order valence-corrected chi connectivity index (χ1v) is 6.82. The zero-order chi connectivity index (χ0) is 13.0. The zero-order valence-corrected chi connectivity index (χ0v) is 11.3. The first-order chi connectivity index (χ1) is 8.70. The summed E-state index contributed by atoms with van der Waals surface area (Å²) in [6.45, 7) is -0.299. The molecule has 0 fully saturated rings. The topological polar surface area (TPSA) is 53.4 Å². The number of hydrogen-bond acceptors (Lipinski definition) is 4. The Morgan fingerprint density at radius 1 is 1.28 bits per heavy atom. The van der Waals surface area contributed by atoms with Crippen LogP contribution >= 0.6 is 22.9 Å². The van der Waals surface area contributed by atoms with E-state index in [1.165, 1.54) is 11.3 Å². The van der Waals surface area contributed by atoms with E-state index in [1.807, 2.05) is 17.5 Å². The lowest BCUT2D eigenvalue weighted by atomic mass is 9.79. The highest BCUT2D eigenvalue weighted by Gasteiger charge is 2.32. The Kier molecular flexibility index (Phi) is 4.35. The SMILES string of the molecule is OCC(CO)(Cc1nccs1)c1cccc(Cl)c1. The second kappa shape index (κ2) is 5.80. The summed E-state index contributed by atoms with van der Waals surface area (Å²) in [6, 6.07) is 7.24. The zero-order valence-electron chi connectivity index (χ0n) is 9.71. The highest BCUT2D eigenvalue weighted by Crippen LogP contribution is 2.30. The molecule has 2 rings (SSSR count). The number of aliphatic hydroxyl groups excluding tert-OH is 2. The molecule has 2 N–H and O–H groups in total. The third-order valence-corrected chi connectivity index (χ3v) is 4.03. The molecule has 0 amide bonds. The van der Waals surface area contributed by atoms with Gasteiger partial charge in [0.15, 0.2) is 0 Å². The fraction of sp³-hybridized carbons (Fsp3) is 0.308. The number of benzene rings is 1. The molecule has 0 spiro atoms. The molecule has 5 heteroatoms. The van der Waals surface area contributed by atoms with Gasteiger partial charge in [-0.05, 0) is 17.7 Å². The molecule has 0 aliphatic rings. The normalized spacial score (nSPS) is 11.7. The first-order valence-electron chi connectivity index (χ1n) is 5.56. The van der Waals surface area contributed by atoms with Crippen LogP contribution in [-0.2, 0) is 11.8 Å². The Morgan fingerprint density at radius 3 is 2.61 bits per heavy atom. The monoisotopic (exact) mass is 283 g/mol. The van der Waals surface area contributed by atoms with Crippen LogP contribution in [0.4, 0.5) is 0 Å². The quantitative estimate of drug-likeness (QED) is 0.885. The lowest BCUT2D eigenvalue weighted by Gasteiger charge is -2.29. The van der Waals surface area contributed by atoms with Gasteiger partial charge in [0, 0.05) is 28.4 Å². The van der Waals surface area contributed by atoms with Crippen LogP contribution in [0.1, 0.15) is 10.6 Å². The summed E-state index contributed by atoms with van der Waals surface area (Å²) in [4.78, 5) is 4.21. The molecule has 0 atom stereocenters. The van der Waals surface area contributed by atoms with Crippen LogP contribution < -0.4 is 0 Å². The fourth-order valence-electron chi connectivity index (χ4n) is 1.89. The molecule has 0 saturated heterocycles. The average Bonchev–Trinajstić information content (AvgIpc) is 2.89. The van der Waals surface area contributed by atoms with Gasteiger partial charge in [-0.3, -0.25) is 0 Å². The summed E-state index contributed by atoms with van der Waals surface area (Å²) in [5, 5.41) is 22.8. The number of halogens is 1. The maximum atomic E-state index is 9.69. The standard InChI is InChI=1S/C13H14ClNO2S/c14-11-3-1-2-10(6-11)13(8-16,9-17)7-12-15-4-5-18-12/h1-6,16-17H,7-9H2. The number of rotatable bonds is 5. The molecule has 0 aliphatic carbocycles. The van der Waals surface area contributed by atoms with Gasteiger partial charge in [-0.15, -0.1) is 11.3 Å². The fourth-order valence-corrected chi connectivity index (χ4v) is 2.84. The van der Waals surface area contributed by atoms with Crippen molar-refractivity contribution in [3.63, 3.8) is 0 Å². The van der Waals surface area contributed by atoms with E-state index < -0.39 is 5.41 Å². The van der Waals surface area contributed by atoms with Crippen LogP contribution in [0.5, 0.6) is 0 Å². The van der Waals surface area contributed by atoms with Gasteiger partial charge in [-0.1, -0.05) is 23.7 Å². The Morgan fingerprint density at radius 2 is 2.06 bits per heavy atom. The lowest BCUT2D eigenvalue weighted by molar-refractivity contribution is 0.116. The van der Waals surface area contributed by atoms with Crippen LogP contribution in [0.3, 0.4) is 0 Å². The average molecular weight is 284 g/mol. The highest BCUT2D eigenvalue weighted by molar-refractivity contribution is 7.09. The Bertz CT molecular complexity index is 497. The minimum atomic E-state index is -0.733. The van der Waals surface area contributed by atoms with E-state index in [2.05, 4.69) is 4.98 Å². The number of hydrogen-bond donors (Lipinski definition) is 2. The minimum absolute atomic E-state index is 0.149. The molecule has 0 saturated carbocycles. The largest absolute Gasteiger partial charge is 0.395 e. The van der Waals surface area contributed by atoms with Gasteiger partial charge in [-0.25, -0.2) is 4.98 Å². The van der Waals surface area contributed by atoms with Crippen LogP contribution in [0.25, 0.3) is 0 Å². The first kappa shape index (κ1) is 13.5. The molecule has 0 bridgehead atoms. The van der Waals surface area contributed by atoms with Crippen molar-refractivity contribution >= 4 is 22.9 Å². The van der Waals surface area contributed by atoms with Crippen LogP contribution in [0.15, 0.2) is 35.8 Å². The van der Waals surface area contributed by atoms with Gasteiger partial charge in [0.05, 0.1) is 18.2 Å². The molecular formula is C13H14ClNO2S. The van der Waals surface area contributed by atoms with Gasteiger partial charge < -0.3 is 10.2 Å². The third kappa shape index (κ3) is 2.72. The maximum absolute atomic E-state index is 9.69. The molecule has 1 aromatic carbocycles. The van der Waals surface area contributed by atoms with Gasteiger partial charge in [-0.2, -0.15) is 0 Å². The summed E-state index contributed by atoms with van der Waals surface area (Å²) in [5.74, 6) is 0. The van der Waals surface area contributed by atoms with Crippen molar-refractivity contribution in [2.75, 3.05) is 13.2 Å². The summed E-state index contributed by atoms with van der Waals surface area (Å²) >= 11 is 7.48. The van der Waals surface area contributed by atoms with Crippen molar-refractivity contribution in [3.05, 3.63) is 51.4 Å². The van der Waals surface area contributed by atoms with Gasteiger partial charge in [0.2, 0.25) is 0 Å². The molecule has 0 radical (unpaired) electrons. The highest BCUT2D eigenvalue weighted by atomic mass is 35.5. The molecule has 3 nitrogen and oxygen atoms in total. The second-order valence-corrected chi connectivity index (χ2v) is 5.63. The number of nitrogens with zero attached hydrogens (tertiary/aromatic N) is 1. The van der Waals surface area contributed by atoms with Crippen molar-refractivity contribution in [2.24, 2.45) is 0 Å². The molecule has 1 aromatic heterocycles. The van der Waals surface area contributed by atoms with E-state index in [-0.39, 0.29) is 13.2 Å². The van der Waals surface area contributed by atoms with Gasteiger partial charge in [0.25, 0.3) is 0 Å². The summed E-state index contributed by atoms with van der Waals surface area (Å²) in [5.41, 5.74) is 0.0955. The predicted octanol–water partition coefficient (Wildman–Crippen LogP) is 2.26. The summed E-state index contributed by atoms with van der Waals surface area (Å²) in [7, 11) is 0. The number of aromatic nitrogens is 1. The summed E-state index contributed by atoms with van der Waals surface area (Å²) < 4.78 is 0. The molecule has 0 aliphatic heterocycles. The molecule has 18 heavy (non-hydrogen) atoms. The van der Waals surface area contributed by atoms with E-state index >= 15 is 0 Å². The van der Waals surface area contributed by atoms with Crippen molar-refractivity contribution in [3.8, 4) is 0 Å². The molecular weight excluding hydrogens is 270 g/mol. The van der Waals surface area contributed by atoms with Gasteiger partial charge in [0.1, 0.15) is 0 Å². The number of thiazole rings is 1. The Hall–Kier alpha value is -0.940. The second-order valence-electron chi connectivity index (χ2n) is 4.21. The van der Waals surface area contributed by atoms with Crippen LogP contribution in [0.2, 0.25) is 5.02 Å². The molecule has 1 heterocycles. The Labute approximate surface area is 115 Å².